The summed E-state index contributed by atoms with van der Waals surface area (Å²) in [5.74, 6) is 0.884. The van der Waals surface area contributed by atoms with Gasteiger partial charge in [-0.2, -0.15) is 0 Å². The van der Waals surface area contributed by atoms with Gasteiger partial charge in [0.05, 0.1) is 0 Å². The smallest absolute Gasteiger partial charge is 0.00229 e. The Hall–Kier alpha value is -2.08. The van der Waals surface area contributed by atoms with Crippen molar-refractivity contribution in [1.82, 2.24) is 0 Å². The molecule has 0 unspecified atom stereocenters. The summed E-state index contributed by atoms with van der Waals surface area (Å²) >= 11 is 0. The molecule has 0 spiro atoms. The second-order valence-electron chi connectivity index (χ2n) is 8.85. The van der Waals surface area contributed by atoms with Crippen LogP contribution in [0.2, 0.25) is 0 Å². The van der Waals surface area contributed by atoms with Crippen molar-refractivity contribution in [2.75, 3.05) is 0 Å². The van der Waals surface area contributed by atoms with Gasteiger partial charge in [0.2, 0.25) is 0 Å². The van der Waals surface area contributed by atoms with Gasteiger partial charge in [-0.1, -0.05) is 88.1 Å². The Morgan fingerprint density at radius 1 is 0.929 bits per heavy atom. The lowest BCUT2D eigenvalue weighted by atomic mass is 9.77. The van der Waals surface area contributed by atoms with E-state index in [9.17, 15) is 0 Å². The number of allylic oxidation sites excluding steroid dienone is 3. The standard InChI is InChI=1S/C28H34/c1-4-22-11-13-24(14-12-22)18-25-15-17-27-26(21(25)3)16-10-20(2)28(27)19-23-8-6-5-7-9-23/h10-16,23H,3-9,17-19H2,1-2H3. The summed E-state index contributed by atoms with van der Waals surface area (Å²) in [6, 6.07) is 13.8. The molecule has 28 heavy (non-hydrogen) atoms. The average Bonchev–Trinajstić information content (AvgIpc) is 2.73. The van der Waals surface area contributed by atoms with E-state index in [-0.39, 0.29) is 0 Å². The molecule has 0 aromatic heterocycles. The van der Waals surface area contributed by atoms with Gasteiger partial charge >= 0.3 is 0 Å². The van der Waals surface area contributed by atoms with Gasteiger partial charge in [0.15, 0.2) is 0 Å². The lowest BCUT2D eigenvalue weighted by Crippen LogP contribution is -2.14. The molecule has 1 saturated carbocycles. The fourth-order valence-corrected chi connectivity index (χ4v) is 5.10. The van der Waals surface area contributed by atoms with Crippen LogP contribution in [0.3, 0.4) is 0 Å². The normalized spacial score (nSPS) is 17.4. The average molecular weight is 371 g/mol. The van der Waals surface area contributed by atoms with E-state index >= 15 is 0 Å². The van der Waals surface area contributed by atoms with E-state index in [0.29, 0.717) is 0 Å². The molecular formula is C28H34. The van der Waals surface area contributed by atoms with Gasteiger partial charge in [-0.25, -0.2) is 0 Å². The van der Waals surface area contributed by atoms with E-state index in [1.807, 2.05) is 0 Å². The molecule has 0 heterocycles. The Labute approximate surface area is 171 Å². The summed E-state index contributed by atoms with van der Waals surface area (Å²) in [5.41, 5.74) is 11.5. The van der Waals surface area contributed by atoms with Gasteiger partial charge < -0.3 is 0 Å². The van der Waals surface area contributed by atoms with Gasteiger partial charge in [0.25, 0.3) is 0 Å². The summed E-state index contributed by atoms with van der Waals surface area (Å²) in [4.78, 5) is 0. The first-order valence-electron chi connectivity index (χ1n) is 11.2. The zero-order valence-corrected chi connectivity index (χ0v) is 17.7. The first-order valence-corrected chi connectivity index (χ1v) is 11.2. The van der Waals surface area contributed by atoms with E-state index in [2.05, 4.69) is 62.9 Å². The van der Waals surface area contributed by atoms with E-state index in [0.717, 1.165) is 25.2 Å². The highest BCUT2D eigenvalue weighted by molar-refractivity contribution is 5.82. The van der Waals surface area contributed by atoms with Gasteiger partial charge in [-0.3, -0.25) is 0 Å². The summed E-state index contributed by atoms with van der Waals surface area (Å²) in [6.07, 6.45) is 14.0. The molecule has 146 valence electrons. The van der Waals surface area contributed by atoms with Crippen molar-refractivity contribution in [3.05, 3.63) is 88.0 Å². The number of fused-ring (bicyclic) bond motifs is 1. The van der Waals surface area contributed by atoms with Gasteiger partial charge in [0, 0.05) is 0 Å². The lowest BCUT2D eigenvalue weighted by Gasteiger charge is -2.27. The van der Waals surface area contributed by atoms with Gasteiger partial charge in [-0.15, -0.1) is 0 Å². The van der Waals surface area contributed by atoms with Crippen molar-refractivity contribution < 1.29 is 0 Å². The Morgan fingerprint density at radius 2 is 1.64 bits per heavy atom. The summed E-state index contributed by atoms with van der Waals surface area (Å²) in [6.45, 7) is 9.03. The summed E-state index contributed by atoms with van der Waals surface area (Å²) in [5, 5.41) is 0. The topological polar surface area (TPSA) is 0 Å². The first-order chi connectivity index (χ1) is 13.7. The third kappa shape index (κ3) is 4.02. The summed E-state index contributed by atoms with van der Waals surface area (Å²) < 4.78 is 0. The van der Waals surface area contributed by atoms with E-state index in [1.54, 1.807) is 11.1 Å². The molecule has 0 nitrogen and oxygen atoms in total. The summed E-state index contributed by atoms with van der Waals surface area (Å²) in [7, 11) is 0. The molecule has 2 aromatic carbocycles. The van der Waals surface area contributed by atoms with Crippen molar-refractivity contribution in [2.24, 2.45) is 5.92 Å². The Bertz CT molecular complexity index is 873. The highest BCUT2D eigenvalue weighted by Gasteiger charge is 2.22. The largest absolute Gasteiger partial charge is 0.0909 e. The quantitative estimate of drug-likeness (QED) is 0.514. The molecule has 0 heteroatoms. The predicted molar refractivity (Wildman–Crippen MR) is 122 cm³/mol. The second kappa shape index (κ2) is 8.52. The van der Waals surface area contributed by atoms with Crippen LogP contribution in [-0.2, 0) is 25.7 Å². The van der Waals surface area contributed by atoms with Crippen LogP contribution in [0.5, 0.6) is 0 Å². The number of benzene rings is 2. The van der Waals surface area contributed by atoms with Gasteiger partial charge in [-0.05, 0) is 83.1 Å². The van der Waals surface area contributed by atoms with Crippen LogP contribution in [0.15, 0.2) is 54.6 Å². The molecule has 2 aliphatic carbocycles. The highest BCUT2D eigenvalue weighted by Crippen LogP contribution is 2.37. The van der Waals surface area contributed by atoms with Crippen LogP contribution in [-0.4, -0.2) is 0 Å². The molecule has 0 N–H and O–H groups in total. The zero-order valence-electron chi connectivity index (χ0n) is 17.7. The van der Waals surface area contributed by atoms with Crippen molar-refractivity contribution in [3.63, 3.8) is 0 Å². The monoisotopic (exact) mass is 370 g/mol. The number of aryl methyl sites for hydroxylation is 2. The second-order valence-corrected chi connectivity index (χ2v) is 8.85. The molecule has 4 rings (SSSR count). The molecule has 0 saturated heterocycles. The number of rotatable bonds is 5. The van der Waals surface area contributed by atoms with Crippen molar-refractivity contribution >= 4 is 5.57 Å². The maximum atomic E-state index is 4.52. The van der Waals surface area contributed by atoms with Crippen molar-refractivity contribution in [2.45, 2.75) is 71.6 Å². The van der Waals surface area contributed by atoms with Gasteiger partial charge in [0.1, 0.15) is 0 Å². The third-order valence-corrected chi connectivity index (χ3v) is 6.97. The third-order valence-electron chi connectivity index (χ3n) is 6.97. The van der Waals surface area contributed by atoms with E-state index in [1.165, 1.54) is 71.9 Å². The molecule has 0 aliphatic heterocycles. The number of hydrogen-bond acceptors (Lipinski definition) is 0. The molecule has 0 radical (unpaired) electrons. The van der Waals surface area contributed by atoms with Crippen LogP contribution in [0, 0.1) is 12.8 Å². The van der Waals surface area contributed by atoms with Crippen LogP contribution < -0.4 is 0 Å². The van der Waals surface area contributed by atoms with E-state index < -0.39 is 0 Å². The van der Waals surface area contributed by atoms with E-state index in [4.69, 9.17) is 0 Å². The number of hydrogen-bond donors (Lipinski definition) is 0. The molecule has 0 bridgehead atoms. The molecule has 0 atom stereocenters. The molecule has 2 aromatic rings. The predicted octanol–water partition coefficient (Wildman–Crippen LogP) is 7.42. The SMILES string of the molecule is C=C1C(Cc2ccc(CC)cc2)=CCc2c1ccc(C)c2CC1CCCCC1. The Kier molecular flexibility index (Phi) is 5.85. The molecule has 2 aliphatic rings. The Morgan fingerprint density at radius 3 is 2.36 bits per heavy atom. The fourth-order valence-electron chi connectivity index (χ4n) is 5.10. The highest BCUT2D eigenvalue weighted by atomic mass is 14.3. The maximum Gasteiger partial charge on any atom is -0.00229 e. The molecular weight excluding hydrogens is 336 g/mol. The lowest BCUT2D eigenvalue weighted by molar-refractivity contribution is 0.355. The fraction of sp³-hybridized carbons (Fsp3) is 0.429. The van der Waals surface area contributed by atoms with Crippen LogP contribution in [0.25, 0.3) is 5.57 Å². The zero-order chi connectivity index (χ0) is 19.5. The van der Waals surface area contributed by atoms with Crippen molar-refractivity contribution in [1.29, 1.82) is 0 Å². The maximum absolute atomic E-state index is 4.52. The van der Waals surface area contributed by atoms with Crippen molar-refractivity contribution in [3.8, 4) is 0 Å². The minimum absolute atomic E-state index is 0.884. The molecule has 0 amide bonds. The first kappa shape index (κ1) is 19.2. The Balaban J connectivity index is 1.56. The minimum Gasteiger partial charge on any atom is -0.0909 e. The van der Waals surface area contributed by atoms with Crippen LogP contribution in [0.1, 0.15) is 72.4 Å². The molecule has 1 fully saturated rings. The van der Waals surface area contributed by atoms with Crippen LogP contribution >= 0.6 is 0 Å². The van der Waals surface area contributed by atoms with Crippen LogP contribution in [0.4, 0.5) is 0 Å². The minimum atomic E-state index is 0.884.